The third kappa shape index (κ3) is 6.25. The van der Waals surface area contributed by atoms with Crippen molar-refractivity contribution < 1.29 is 14.1 Å². The van der Waals surface area contributed by atoms with Crippen LogP contribution in [0.1, 0.15) is 66.8 Å². The maximum Gasteiger partial charge on any atom is 0.253 e. The van der Waals surface area contributed by atoms with Crippen LogP contribution in [0.5, 0.6) is 0 Å². The molecule has 8 heteroatoms. The topological polar surface area (TPSA) is 100 Å². The van der Waals surface area contributed by atoms with E-state index in [-0.39, 0.29) is 23.8 Å². The first-order valence-corrected chi connectivity index (χ1v) is 13.4. The van der Waals surface area contributed by atoms with E-state index in [9.17, 15) is 9.59 Å². The third-order valence-corrected chi connectivity index (χ3v) is 7.54. The molecule has 2 fully saturated rings. The number of likely N-dealkylation sites (tertiary alicyclic amines) is 1. The normalized spacial score (nSPS) is 17.4. The van der Waals surface area contributed by atoms with Crippen molar-refractivity contribution in [1.29, 1.82) is 0 Å². The summed E-state index contributed by atoms with van der Waals surface area (Å²) in [4.78, 5) is 32.8. The first kappa shape index (κ1) is 25.1. The monoisotopic (exact) mass is 501 g/mol. The minimum absolute atomic E-state index is 0.0304. The summed E-state index contributed by atoms with van der Waals surface area (Å²) in [5, 5.41) is 10.3. The molecule has 1 aliphatic heterocycles. The lowest BCUT2D eigenvalue weighted by molar-refractivity contribution is -0.121. The first-order valence-electron chi connectivity index (χ1n) is 13.4. The van der Waals surface area contributed by atoms with Gasteiger partial charge in [0.1, 0.15) is 0 Å². The fourth-order valence-corrected chi connectivity index (χ4v) is 5.33. The van der Waals surface area contributed by atoms with Crippen molar-refractivity contribution in [3.8, 4) is 11.4 Å². The number of nitrogens with one attached hydrogen (secondary N) is 2. The summed E-state index contributed by atoms with van der Waals surface area (Å²) in [7, 11) is 0. The molecule has 194 valence electrons. The highest BCUT2D eigenvalue weighted by Gasteiger charge is 2.27. The van der Waals surface area contributed by atoms with Crippen LogP contribution in [0.25, 0.3) is 11.4 Å². The van der Waals surface area contributed by atoms with E-state index in [1.807, 2.05) is 49.4 Å². The molecule has 2 N–H and O–H groups in total. The van der Waals surface area contributed by atoms with E-state index in [0.29, 0.717) is 29.5 Å². The van der Waals surface area contributed by atoms with Crippen LogP contribution in [-0.2, 0) is 11.3 Å². The Morgan fingerprint density at radius 3 is 2.49 bits per heavy atom. The molecule has 1 aliphatic carbocycles. The predicted octanol–water partition coefficient (Wildman–Crippen LogP) is 4.96. The van der Waals surface area contributed by atoms with Gasteiger partial charge in [-0.3, -0.25) is 14.5 Å². The smallest absolute Gasteiger partial charge is 0.253 e. The zero-order valence-corrected chi connectivity index (χ0v) is 21.4. The molecule has 0 bridgehead atoms. The number of aryl methyl sites for hydroxylation is 1. The molecule has 37 heavy (non-hydrogen) atoms. The van der Waals surface area contributed by atoms with Crippen LogP contribution >= 0.6 is 0 Å². The van der Waals surface area contributed by atoms with E-state index < -0.39 is 0 Å². The molecule has 0 unspecified atom stereocenters. The predicted molar refractivity (Wildman–Crippen MR) is 142 cm³/mol. The summed E-state index contributed by atoms with van der Waals surface area (Å²) in [5.74, 6) is 0.947. The highest BCUT2D eigenvalue weighted by Crippen LogP contribution is 2.25. The highest BCUT2D eigenvalue weighted by molar-refractivity contribution is 6.04. The average molecular weight is 502 g/mol. The summed E-state index contributed by atoms with van der Waals surface area (Å²) < 4.78 is 5.50. The van der Waals surface area contributed by atoms with Gasteiger partial charge in [-0.25, -0.2) is 0 Å². The minimum Gasteiger partial charge on any atom is -0.349 e. The number of nitrogens with zero attached hydrogens (tertiary/aromatic N) is 3. The Morgan fingerprint density at radius 2 is 1.70 bits per heavy atom. The highest BCUT2D eigenvalue weighted by atomic mass is 16.5. The molecular weight excluding hydrogens is 466 g/mol. The molecule has 3 aromatic rings. The van der Waals surface area contributed by atoms with Gasteiger partial charge < -0.3 is 15.2 Å². The van der Waals surface area contributed by atoms with E-state index in [4.69, 9.17) is 4.52 Å². The van der Waals surface area contributed by atoms with Gasteiger partial charge in [-0.1, -0.05) is 60.8 Å². The van der Waals surface area contributed by atoms with Crippen LogP contribution in [0.4, 0.5) is 5.69 Å². The zero-order valence-electron chi connectivity index (χ0n) is 21.4. The van der Waals surface area contributed by atoms with Crippen LogP contribution < -0.4 is 10.6 Å². The largest absolute Gasteiger partial charge is 0.349 e. The van der Waals surface area contributed by atoms with Gasteiger partial charge in [0.05, 0.1) is 17.8 Å². The van der Waals surface area contributed by atoms with Crippen LogP contribution in [0.15, 0.2) is 53.1 Å². The number of amides is 2. The number of benzene rings is 2. The van der Waals surface area contributed by atoms with Crippen molar-refractivity contribution in [2.45, 2.75) is 64.5 Å². The van der Waals surface area contributed by atoms with Crippen molar-refractivity contribution in [3.05, 3.63) is 65.5 Å². The van der Waals surface area contributed by atoms with Gasteiger partial charge in [-0.15, -0.1) is 0 Å². The molecule has 8 nitrogen and oxygen atoms in total. The van der Waals surface area contributed by atoms with Gasteiger partial charge >= 0.3 is 0 Å². The van der Waals surface area contributed by atoms with Crippen molar-refractivity contribution in [3.63, 3.8) is 0 Å². The number of para-hydroxylation sites is 1. The summed E-state index contributed by atoms with van der Waals surface area (Å²) in [5.41, 5.74) is 3.19. The van der Waals surface area contributed by atoms with E-state index in [1.54, 1.807) is 6.07 Å². The lowest BCUT2D eigenvalue weighted by Crippen LogP contribution is -2.38. The number of piperidine rings is 1. The van der Waals surface area contributed by atoms with Crippen molar-refractivity contribution in [1.82, 2.24) is 20.4 Å². The van der Waals surface area contributed by atoms with E-state index in [1.165, 1.54) is 6.42 Å². The number of hydrogen-bond donors (Lipinski definition) is 2. The summed E-state index contributed by atoms with van der Waals surface area (Å²) in [6.07, 6.45) is 7.07. The molecule has 2 heterocycles. The third-order valence-electron chi connectivity index (χ3n) is 7.54. The molecule has 2 aliphatic rings. The van der Waals surface area contributed by atoms with Gasteiger partial charge in [0.2, 0.25) is 17.6 Å². The summed E-state index contributed by atoms with van der Waals surface area (Å²) in [6, 6.07) is 15.5. The van der Waals surface area contributed by atoms with Gasteiger partial charge in [0.15, 0.2) is 0 Å². The van der Waals surface area contributed by atoms with Gasteiger partial charge in [-0.2, -0.15) is 4.98 Å². The Balaban J connectivity index is 1.13. The molecule has 1 saturated heterocycles. The number of carbonyl (C=O) groups is 2. The molecule has 0 spiro atoms. The second kappa shape index (κ2) is 11.7. The van der Waals surface area contributed by atoms with Gasteiger partial charge in [-0.05, 0) is 63.4 Å². The van der Waals surface area contributed by atoms with Gasteiger partial charge in [0, 0.05) is 17.5 Å². The lowest BCUT2D eigenvalue weighted by atomic mass is 9.95. The maximum atomic E-state index is 13.1. The number of anilines is 1. The van der Waals surface area contributed by atoms with Crippen LogP contribution in [-0.4, -0.2) is 46.0 Å². The number of carbonyl (C=O) groups excluding carboxylic acids is 2. The SMILES string of the molecule is Cc1ccccc1-c1noc(CN2CCC(C(=O)Nc3ccccc3C(=O)NC3CCCCC3)CC2)n1. The first-order chi connectivity index (χ1) is 18.1. The molecule has 1 aromatic heterocycles. The quantitative estimate of drug-likeness (QED) is 0.475. The fraction of sp³-hybridized carbons (Fsp3) is 0.448. The summed E-state index contributed by atoms with van der Waals surface area (Å²) >= 11 is 0. The Kier molecular flexibility index (Phi) is 7.94. The minimum atomic E-state index is -0.109. The molecular formula is C29H35N5O3. The van der Waals surface area contributed by atoms with Crippen molar-refractivity contribution >= 4 is 17.5 Å². The van der Waals surface area contributed by atoms with E-state index in [0.717, 1.165) is 62.7 Å². The zero-order chi connectivity index (χ0) is 25.6. The number of hydrogen-bond acceptors (Lipinski definition) is 6. The van der Waals surface area contributed by atoms with Crippen molar-refractivity contribution in [2.24, 2.45) is 5.92 Å². The fourth-order valence-electron chi connectivity index (χ4n) is 5.33. The van der Waals surface area contributed by atoms with Gasteiger partial charge in [0.25, 0.3) is 5.91 Å². The molecule has 5 rings (SSSR count). The molecule has 0 radical (unpaired) electrons. The van der Waals surface area contributed by atoms with Crippen molar-refractivity contribution in [2.75, 3.05) is 18.4 Å². The Morgan fingerprint density at radius 1 is 0.973 bits per heavy atom. The average Bonchev–Trinajstić information content (AvgIpc) is 3.38. The second-order valence-corrected chi connectivity index (χ2v) is 10.2. The summed E-state index contributed by atoms with van der Waals surface area (Å²) in [6.45, 7) is 4.13. The van der Waals surface area contributed by atoms with Crippen LogP contribution in [0, 0.1) is 12.8 Å². The Hall–Kier alpha value is -3.52. The standard InChI is InChI=1S/C29H35N5O3/c1-20-9-5-6-12-23(20)27-32-26(37-33-27)19-34-17-15-21(16-18-34)28(35)31-25-14-8-7-13-24(25)29(36)30-22-10-3-2-4-11-22/h5-9,12-14,21-22H,2-4,10-11,15-19H2,1H3,(H,30,36)(H,31,35). The molecule has 2 amide bonds. The van der Waals surface area contributed by atoms with E-state index in [2.05, 4.69) is 25.7 Å². The Bertz CT molecular complexity index is 1230. The maximum absolute atomic E-state index is 13.1. The molecule has 2 aromatic carbocycles. The van der Waals surface area contributed by atoms with E-state index >= 15 is 0 Å². The lowest BCUT2D eigenvalue weighted by Gasteiger charge is -2.30. The Labute approximate surface area is 217 Å². The molecule has 0 atom stereocenters. The second-order valence-electron chi connectivity index (χ2n) is 10.2. The van der Waals surface area contributed by atoms with Crippen LogP contribution in [0.2, 0.25) is 0 Å². The number of rotatable bonds is 7. The number of aromatic nitrogens is 2. The van der Waals surface area contributed by atoms with Crippen LogP contribution in [0.3, 0.4) is 0 Å². The molecule has 1 saturated carbocycles.